The summed E-state index contributed by atoms with van der Waals surface area (Å²) in [7, 11) is 0. The number of hydrogen-bond acceptors (Lipinski definition) is 7. The van der Waals surface area contributed by atoms with Crippen molar-refractivity contribution in [1.82, 2.24) is 24.4 Å². The van der Waals surface area contributed by atoms with Crippen LogP contribution in [0, 0.1) is 12.7 Å². The summed E-state index contributed by atoms with van der Waals surface area (Å²) in [6, 6.07) is 7.79. The molecule has 1 unspecified atom stereocenters. The molecule has 4 aromatic rings. The van der Waals surface area contributed by atoms with Gasteiger partial charge in [0.05, 0.1) is 11.6 Å². The molecule has 0 N–H and O–H groups in total. The van der Waals surface area contributed by atoms with Gasteiger partial charge < -0.3 is 4.52 Å². The third kappa shape index (κ3) is 3.66. The van der Waals surface area contributed by atoms with E-state index in [1.54, 1.807) is 22.6 Å². The minimum Gasteiger partial charge on any atom is -0.339 e. The molecule has 4 heterocycles. The zero-order valence-electron chi connectivity index (χ0n) is 16.4. The number of thiazole rings is 1. The fourth-order valence-electron chi connectivity index (χ4n) is 3.96. The van der Waals surface area contributed by atoms with Gasteiger partial charge in [-0.1, -0.05) is 17.3 Å². The molecule has 9 heteroatoms. The highest BCUT2D eigenvalue weighted by Crippen LogP contribution is 2.28. The van der Waals surface area contributed by atoms with Gasteiger partial charge >= 0.3 is 0 Å². The molecule has 7 nitrogen and oxygen atoms in total. The van der Waals surface area contributed by atoms with Crippen LogP contribution >= 0.6 is 11.3 Å². The molecular weight excluding hydrogens is 405 g/mol. The quantitative estimate of drug-likeness (QED) is 0.497. The Balaban J connectivity index is 1.32. The van der Waals surface area contributed by atoms with Gasteiger partial charge in [-0.15, -0.1) is 11.3 Å². The number of benzene rings is 1. The number of fused-ring (bicyclic) bond motifs is 1. The van der Waals surface area contributed by atoms with Gasteiger partial charge in [0.2, 0.25) is 11.7 Å². The Hall–Kier alpha value is -2.91. The van der Waals surface area contributed by atoms with Gasteiger partial charge in [-0.25, -0.2) is 9.37 Å². The van der Waals surface area contributed by atoms with E-state index in [9.17, 15) is 9.18 Å². The Morgan fingerprint density at radius 2 is 2.20 bits per heavy atom. The number of likely N-dealkylation sites (tertiary alicyclic amines) is 1. The molecule has 5 rings (SSSR count). The Morgan fingerprint density at radius 3 is 3.07 bits per heavy atom. The van der Waals surface area contributed by atoms with Crippen LogP contribution in [0.15, 0.2) is 45.0 Å². The van der Waals surface area contributed by atoms with Gasteiger partial charge in [0.25, 0.3) is 5.56 Å². The number of nitrogens with zero attached hydrogens (tertiary/aromatic N) is 5. The van der Waals surface area contributed by atoms with Gasteiger partial charge in [-0.05, 0) is 38.4 Å². The summed E-state index contributed by atoms with van der Waals surface area (Å²) in [6.07, 6.45) is 1.93. The number of piperidine rings is 1. The van der Waals surface area contributed by atoms with Crippen LogP contribution in [0.4, 0.5) is 4.39 Å². The normalized spacial score (nSPS) is 17.6. The Morgan fingerprint density at radius 1 is 1.30 bits per heavy atom. The fourth-order valence-corrected chi connectivity index (χ4v) is 4.85. The van der Waals surface area contributed by atoms with E-state index in [-0.39, 0.29) is 17.3 Å². The molecule has 154 valence electrons. The highest BCUT2D eigenvalue weighted by Gasteiger charge is 2.27. The molecule has 1 aliphatic heterocycles. The van der Waals surface area contributed by atoms with E-state index in [4.69, 9.17) is 4.52 Å². The van der Waals surface area contributed by atoms with Crippen molar-refractivity contribution >= 4 is 16.3 Å². The predicted octanol–water partition coefficient (Wildman–Crippen LogP) is 3.63. The van der Waals surface area contributed by atoms with E-state index >= 15 is 0 Å². The number of aryl methyl sites for hydroxylation is 1. The SMILES string of the molecule is Cc1csc2nc(CN3CCCC(c4nc(-c5cccc(F)c5)no4)C3)cc(=O)n12. The maximum absolute atomic E-state index is 13.5. The Kier molecular flexibility index (Phi) is 4.92. The summed E-state index contributed by atoms with van der Waals surface area (Å²) in [5.41, 5.74) is 2.23. The molecule has 1 atom stereocenters. The second-order valence-electron chi connectivity index (χ2n) is 7.62. The van der Waals surface area contributed by atoms with Crippen molar-refractivity contribution in [1.29, 1.82) is 0 Å². The first kappa shape index (κ1) is 19.1. The predicted molar refractivity (Wildman–Crippen MR) is 111 cm³/mol. The summed E-state index contributed by atoms with van der Waals surface area (Å²) in [5.74, 6) is 0.734. The largest absolute Gasteiger partial charge is 0.339 e. The van der Waals surface area contributed by atoms with Crippen LogP contribution in [0.25, 0.3) is 16.3 Å². The average Bonchev–Trinajstić information content (AvgIpc) is 3.36. The second-order valence-corrected chi connectivity index (χ2v) is 8.46. The average molecular weight is 425 g/mol. The Labute approximate surface area is 175 Å². The van der Waals surface area contributed by atoms with E-state index in [0.29, 0.717) is 23.8 Å². The zero-order chi connectivity index (χ0) is 20.7. The molecule has 0 aliphatic carbocycles. The standard InChI is InChI=1S/C21H20FN5O2S/c1-13-12-30-21-23-17(9-18(28)27(13)21)11-26-7-3-5-15(10-26)20-24-19(25-29-20)14-4-2-6-16(22)8-14/h2,4,6,8-9,12,15H,3,5,7,10-11H2,1H3. The lowest BCUT2D eigenvalue weighted by Crippen LogP contribution is -2.34. The monoisotopic (exact) mass is 425 g/mol. The van der Waals surface area contributed by atoms with Gasteiger partial charge in [-0.3, -0.25) is 14.1 Å². The molecule has 0 amide bonds. The van der Waals surface area contributed by atoms with Crippen LogP contribution in [-0.2, 0) is 6.54 Å². The van der Waals surface area contributed by atoms with Gasteiger partial charge in [-0.2, -0.15) is 4.98 Å². The minimum atomic E-state index is -0.330. The zero-order valence-corrected chi connectivity index (χ0v) is 17.2. The minimum absolute atomic E-state index is 0.0426. The van der Waals surface area contributed by atoms with Crippen molar-refractivity contribution in [3.05, 3.63) is 69.2 Å². The van der Waals surface area contributed by atoms with Crippen LogP contribution in [0.5, 0.6) is 0 Å². The lowest BCUT2D eigenvalue weighted by atomic mass is 9.98. The van der Waals surface area contributed by atoms with E-state index in [0.717, 1.165) is 42.3 Å². The molecule has 3 aromatic heterocycles. The van der Waals surface area contributed by atoms with Crippen LogP contribution < -0.4 is 5.56 Å². The summed E-state index contributed by atoms with van der Waals surface area (Å²) in [5, 5.41) is 5.97. The first-order valence-corrected chi connectivity index (χ1v) is 10.7. The van der Waals surface area contributed by atoms with Crippen LogP contribution in [-0.4, -0.2) is 37.5 Å². The molecule has 0 spiro atoms. The van der Waals surface area contributed by atoms with Gasteiger partial charge in [0.15, 0.2) is 4.96 Å². The van der Waals surface area contributed by atoms with Crippen molar-refractivity contribution in [2.75, 3.05) is 13.1 Å². The third-order valence-corrected chi connectivity index (χ3v) is 6.34. The molecule has 0 saturated carbocycles. The molecule has 1 aliphatic rings. The van der Waals surface area contributed by atoms with E-state index < -0.39 is 0 Å². The van der Waals surface area contributed by atoms with Crippen molar-refractivity contribution in [2.45, 2.75) is 32.2 Å². The van der Waals surface area contributed by atoms with Crippen molar-refractivity contribution < 1.29 is 8.91 Å². The van der Waals surface area contributed by atoms with Crippen LogP contribution in [0.2, 0.25) is 0 Å². The first-order chi connectivity index (χ1) is 14.6. The number of rotatable bonds is 4. The van der Waals surface area contributed by atoms with Gasteiger partial charge in [0, 0.05) is 35.8 Å². The summed E-state index contributed by atoms with van der Waals surface area (Å²) in [4.78, 5) is 24.6. The molecular formula is C21H20FN5O2S. The molecule has 1 fully saturated rings. The Bertz CT molecular complexity index is 1260. The highest BCUT2D eigenvalue weighted by molar-refractivity contribution is 7.15. The van der Waals surface area contributed by atoms with Gasteiger partial charge in [0.1, 0.15) is 5.82 Å². The summed E-state index contributed by atoms with van der Waals surface area (Å²) < 4.78 is 20.6. The van der Waals surface area contributed by atoms with E-state index in [1.165, 1.54) is 23.5 Å². The molecule has 0 bridgehead atoms. The maximum Gasteiger partial charge on any atom is 0.259 e. The summed E-state index contributed by atoms with van der Waals surface area (Å²) in [6.45, 7) is 4.18. The lowest BCUT2D eigenvalue weighted by Gasteiger charge is -2.30. The topological polar surface area (TPSA) is 76.5 Å². The van der Waals surface area contributed by atoms with Crippen molar-refractivity contribution in [3.8, 4) is 11.4 Å². The molecule has 30 heavy (non-hydrogen) atoms. The molecule has 0 radical (unpaired) electrons. The molecule has 1 saturated heterocycles. The second kappa shape index (κ2) is 7.73. The smallest absolute Gasteiger partial charge is 0.259 e. The molecule has 1 aromatic carbocycles. The van der Waals surface area contributed by atoms with Crippen LogP contribution in [0.1, 0.15) is 36.0 Å². The van der Waals surface area contributed by atoms with Crippen LogP contribution in [0.3, 0.4) is 0 Å². The lowest BCUT2D eigenvalue weighted by molar-refractivity contribution is 0.178. The number of hydrogen-bond donors (Lipinski definition) is 0. The van der Waals surface area contributed by atoms with E-state index in [1.807, 2.05) is 12.3 Å². The van der Waals surface area contributed by atoms with Crippen molar-refractivity contribution in [2.24, 2.45) is 0 Å². The van der Waals surface area contributed by atoms with Crippen molar-refractivity contribution in [3.63, 3.8) is 0 Å². The highest BCUT2D eigenvalue weighted by atomic mass is 32.1. The van der Waals surface area contributed by atoms with E-state index in [2.05, 4.69) is 20.0 Å². The maximum atomic E-state index is 13.5. The number of halogens is 1. The fraction of sp³-hybridized carbons (Fsp3) is 0.333. The number of aromatic nitrogens is 4. The summed E-state index contributed by atoms with van der Waals surface area (Å²) >= 11 is 1.48. The third-order valence-electron chi connectivity index (χ3n) is 5.39. The first-order valence-electron chi connectivity index (χ1n) is 9.85.